The molecule has 0 aliphatic rings. The average molecular weight is 225 g/mol. The summed E-state index contributed by atoms with van der Waals surface area (Å²) in [5.74, 6) is 0. The quantitative estimate of drug-likeness (QED) is 0.379. The summed E-state index contributed by atoms with van der Waals surface area (Å²) in [6.07, 6.45) is 11.7. The predicted octanol–water partition coefficient (Wildman–Crippen LogP) is 2.89. The highest BCUT2D eigenvalue weighted by atomic mass is 16.3. The molecule has 0 bridgehead atoms. The van der Waals surface area contributed by atoms with Crippen molar-refractivity contribution in [3.63, 3.8) is 0 Å². The smallest absolute Gasteiger partial charge is 0.290 e. The molecule has 0 aliphatic carbocycles. The van der Waals surface area contributed by atoms with Gasteiger partial charge in [0, 0.05) is 0 Å². The molecule has 0 unspecified atom stereocenters. The molecular weight excluding hydrogens is 202 g/mol. The van der Waals surface area contributed by atoms with Crippen molar-refractivity contribution in [2.75, 3.05) is 6.54 Å². The maximum absolute atomic E-state index is 8.36. The monoisotopic (exact) mass is 225 g/mol. The van der Waals surface area contributed by atoms with E-state index in [2.05, 4.69) is 13.2 Å². The van der Waals surface area contributed by atoms with E-state index >= 15 is 0 Å². The Morgan fingerprint density at radius 2 is 1.75 bits per heavy atom. The molecule has 3 N–H and O–H groups in total. The summed E-state index contributed by atoms with van der Waals surface area (Å²) in [7, 11) is 0. The molecule has 0 saturated heterocycles. The van der Waals surface area contributed by atoms with Crippen molar-refractivity contribution in [3.05, 3.63) is 37.0 Å². The minimum absolute atomic E-state index is 0.250. The van der Waals surface area contributed by atoms with Gasteiger partial charge in [0.2, 0.25) is 0 Å². The van der Waals surface area contributed by atoms with Crippen molar-refractivity contribution in [3.8, 4) is 0 Å². The van der Waals surface area contributed by atoms with Crippen molar-refractivity contribution in [2.24, 2.45) is 5.73 Å². The van der Waals surface area contributed by atoms with E-state index in [0.717, 1.165) is 19.4 Å². The lowest BCUT2D eigenvalue weighted by atomic mass is 10.1. The normalized spacial score (nSPS) is 9.94. The molecule has 0 saturated carbocycles. The zero-order valence-corrected chi connectivity index (χ0v) is 9.90. The molecule has 3 heteroatoms. The number of carbonyl (C=O) groups is 1. The maximum Gasteiger partial charge on any atom is 0.290 e. The van der Waals surface area contributed by atoms with Gasteiger partial charge in [-0.25, -0.2) is 0 Å². The van der Waals surface area contributed by atoms with E-state index in [0.29, 0.717) is 0 Å². The van der Waals surface area contributed by atoms with E-state index in [4.69, 9.17) is 15.6 Å². The van der Waals surface area contributed by atoms with E-state index in [1.54, 1.807) is 0 Å². The molecule has 3 nitrogen and oxygen atoms in total. The third-order valence-electron chi connectivity index (χ3n) is 2.01. The molecule has 0 aromatic rings. The Bertz CT molecular complexity index is 210. The summed E-state index contributed by atoms with van der Waals surface area (Å²) in [4.78, 5) is 8.36. The van der Waals surface area contributed by atoms with Crippen LogP contribution < -0.4 is 5.73 Å². The Morgan fingerprint density at radius 1 is 1.19 bits per heavy atom. The summed E-state index contributed by atoms with van der Waals surface area (Å²) in [6, 6.07) is 0. The summed E-state index contributed by atoms with van der Waals surface area (Å²) in [6.45, 7) is 7.99. The van der Waals surface area contributed by atoms with E-state index in [1.165, 1.54) is 24.8 Å². The average Bonchev–Trinajstić information content (AvgIpc) is 2.28. The Balaban J connectivity index is 0. The topological polar surface area (TPSA) is 63.3 Å². The van der Waals surface area contributed by atoms with Crippen LogP contribution in [-0.4, -0.2) is 18.1 Å². The van der Waals surface area contributed by atoms with Gasteiger partial charge in [-0.05, 0) is 31.4 Å². The number of nitrogens with two attached hydrogens (primary N) is 1. The van der Waals surface area contributed by atoms with Crippen molar-refractivity contribution in [1.82, 2.24) is 0 Å². The Hall–Kier alpha value is -1.35. The minimum Gasteiger partial charge on any atom is -0.483 e. The fourth-order valence-electron chi connectivity index (χ4n) is 1.23. The minimum atomic E-state index is -0.250. The standard InChI is InChI=1S/C12H21N.CH2O2/c1-3-9-12(4-2)10-7-5-6-8-11-13;2-1-3/h3-4,9H,1-2,5-8,10-11,13H2;1H,(H,2,3)/b12-9+;. The van der Waals surface area contributed by atoms with Crippen LogP contribution in [0.1, 0.15) is 32.1 Å². The van der Waals surface area contributed by atoms with Crippen LogP contribution in [-0.2, 0) is 4.79 Å². The molecule has 0 aromatic heterocycles. The number of unbranched alkanes of at least 4 members (excludes halogenated alkanes) is 3. The summed E-state index contributed by atoms with van der Waals surface area (Å²) < 4.78 is 0. The second-order valence-corrected chi connectivity index (χ2v) is 3.24. The fraction of sp³-hybridized carbons (Fsp3) is 0.462. The van der Waals surface area contributed by atoms with Gasteiger partial charge >= 0.3 is 0 Å². The number of hydrogen-bond acceptors (Lipinski definition) is 2. The first-order valence-electron chi connectivity index (χ1n) is 5.48. The first-order valence-corrected chi connectivity index (χ1v) is 5.48. The lowest BCUT2D eigenvalue weighted by Gasteiger charge is -2.00. The number of hydrogen-bond donors (Lipinski definition) is 2. The molecule has 0 atom stereocenters. The first kappa shape index (κ1) is 17.1. The van der Waals surface area contributed by atoms with Gasteiger partial charge in [-0.3, -0.25) is 4.79 Å². The summed E-state index contributed by atoms with van der Waals surface area (Å²) in [5, 5.41) is 6.89. The zero-order valence-electron chi connectivity index (χ0n) is 9.90. The van der Waals surface area contributed by atoms with Crippen molar-refractivity contribution in [1.29, 1.82) is 0 Å². The highest BCUT2D eigenvalue weighted by Gasteiger charge is 1.91. The molecule has 16 heavy (non-hydrogen) atoms. The Labute approximate surface area is 98.4 Å². The third kappa shape index (κ3) is 15.1. The highest BCUT2D eigenvalue weighted by molar-refractivity contribution is 5.32. The second-order valence-electron chi connectivity index (χ2n) is 3.24. The number of allylic oxidation sites excluding steroid dienone is 4. The van der Waals surface area contributed by atoms with Crippen LogP contribution in [0.5, 0.6) is 0 Å². The van der Waals surface area contributed by atoms with Crippen LogP contribution in [0.15, 0.2) is 37.0 Å². The van der Waals surface area contributed by atoms with Gasteiger partial charge in [0.15, 0.2) is 0 Å². The maximum atomic E-state index is 8.36. The van der Waals surface area contributed by atoms with Crippen molar-refractivity contribution in [2.45, 2.75) is 32.1 Å². The van der Waals surface area contributed by atoms with Crippen LogP contribution in [0.2, 0.25) is 0 Å². The molecule has 0 aliphatic heterocycles. The van der Waals surface area contributed by atoms with Crippen molar-refractivity contribution < 1.29 is 9.90 Å². The molecule has 0 amide bonds. The zero-order chi connectivity index (χ0) is 12.6. The molecule has 92 valence electrons. The first-order chi connectivity index (χ1) is 7.76. The lowest BCUT2D eigenvalue weighted by molar-refractivity contribution is -0.122. The molecule has 0 heterocycles. The molecule has 0 aromatic carbocycles. The van der Waals surface area contributed by atoms with Gasteiger partial charge in [-0.15, -0.1) is 0 Å². The van der Waals surface area contributed by atoms with E-state index in [9.17, 15) is 0 Å². The van der Waals surface area contributed by atoms with E-state index < -0.39 is 0 Å². The van der Waals surface area contributed by atoms with Gasteiger partial charge in [0.1, 0.15) is 0 Å². The van der Waals surface area contributed by atoms with Crippen LogP contribution in [0.25, 0.3) is 0 Å². The SMILES string of the molecule is C=C/C=C(\C=C)CCCCCCN.O=CO. The van der Waals surface area contributed by atoms with E-state index in [1.807, 2.05) is 18.2 Å². The van der Waals surface area contributed by atoms with E-state index in [-0.39, 0.29) is 6.47 Å². The van der Waals surface area contributed by atoms with Crippen LogP contribution >= 0.6 is 0 Å². The highest BCUT2D eigenvalue weighted by Crippen LogP contribution is 2.10. The molecule has 0 radical (unpaired) electrons. The van der Waals surface area contributed by atoms with Gasteiger partial charge in [-0.1, -0.05) is 44.2 Å². The van der Waals surface area contributed by atoms with Gasteiger partial charge in [0.25, 0.3) is 6.47 Å². The van der Waals surface area contributed by atoms with Crippen molar-refractivity contribution >= 4 is 6.47 Å². The van der Waals surface area contributed by atoms with Crippen LogP contribution in [0.3, 0.4) is 0 Å². The predicted molar refractivity (Wildman–Crippen MR) is 69.3 cm³/mol. The summed E-state index contributed by atoms with van der Waals surface area (Å²) >= 11 is 0. The van der Waals surface area contributed by atoms with Gasteiger partial charge < -0.3 is 10.8 Å². The van der Waals surface area contributed by atoms with Gasteiger partial charge in [0.05, 0.1) is 0 Å². The number of carboxylic acid groups (broad SMARTS) is 1. The second kappa shape index (κ2) is 16.1. The molecule has 0 fully saturated rings. The van der Waals surface area contributed by atoms with Crippen LogP contribution in [0, 0.1) is 0 Å². The third-order valence-corrected chi connectivity index (χ3v) is 2.01. The van der Waals surface area contributed by atoms with Crippen LogP contribution in [0.4, 0.5) is 0 Å². The summed E-state index contributed by atoms with van der Waals surface area (Å²) in [5.41, 5.74) is 6.68. The lowest BCUT2D eigenvalue weighted by Crippen LogP contribution is -1.97. The van der Waals surface area contributed by atoms with Gasteiger partial charge in [-0.2, -0.15) is 0 Å². The Kier molecular flexibility index (Phi) is 17.2. The fourth-order valence-corrected chi connectivity index (χ4v) is 1.23. The number of rotatable bonds is 8. The molecule has 0 spiro atoms. The largest absolute Gasteiger partial charge is 0.483 e. The molecular formula is C13H23NO2. The molecule has 0 rings (SSSR count). The Morgan fingerprint density at radius 3 is 2.19 bits per heavy atom.